The molecule has 0 amide bonds. The highest BCUT2D eigenvalue weighted by atomic mass is 32.2. The summed E-state index contributed by atoms with van der Waals surface area (Å²) in [6, 6.07) is 3.91. The average molecular weight is 331 g/mol. The molecule has 110 valence electrons. The summed E-state index contributed by atoms with van der Waals surface area (Å²) in [6.07, 6.45) is 0. The predicted molar refractivity (Wildman–Crippen MR) is 84.6 cm³/mol. The van der Waals surface area contributed by atoms with Crippen LogP contribution < -0.4 is 10.0 Å². The lowest BCUT2D eigenvalue weighted by Crippen LogP contribution is -2.26. The van der Waals surface area contributed by atoms with Gasteiger partial charge in [0.05, 0.1) is 4.90 Å². The average Bonchev–Trinajstić information content (AvgIpc) is 3.05. The molecule has 0 aromatic carbocycles. The largest absolute Gasteiger partial charge is 0.310 e. The van der Waals surface area contributed by atoms with Gasteiger partial charge in [-0.15, -0.1) is 11.3 Å². The summed E-state index contributed by atoms with van der Waals surface area (Å²) in [4.78, 5) is 1.22. The van der Waals surface area contributed by atoms with Crippen molar-refractivity contribution >= 4 is 32.7 Å². The van der Waals surface area contributed by atoms with Crippen LogP contribution in [0.2, 0.25) is 0 Å². The topological polar surface area (TPSA) is 58.2 Å². The zero-order valence-electron chi connectivity index (χ0n) is 11.4. The van der Waals surface area contributed by atoms with E-state index in [0.717, 1.165) is 10.4 Å². The lowest BCUT2D eigenvalue weighted by Gasteiger charge is -2.10. The molecule has 0 saturated carbocycles. The predicted octanol–water partition coefficient (Wildman–Crippen LogP) is 2.79. The molecule has 2 heterocycles. The number of rotatable bonds is 7. The van der Waals surface area contributed by atoms with Gasteiger partial charge in [0.1, 0.15) is 0 Å². The molecule has 2 aromatic rings. The van der Waals surface area contributed by atoms with E-state index < -0.39 is 10.0 Å². The van der Waals surface area contributed by atoms with Gasteiger partial charge in [-0.3, -0.25) is 0 Å². The van der Waals surface area contributed by atoms with Crippen LogP contribution in [0.15, 0.2) is 33.2 Å². The molecule has 2 rings (SSSR count). The number of sulfonamides is 1. The molecule has 2 aromatic heterocycles. The molecule has 20 heavy (non-hydrogen) atoms. The molecule has 0 bridgehead atoms. The van der Waals surface area contributed by atoms with Crippen molar-refractivity contribution in [3.05, 3.63) is 38.7 Å². The van der Waals surface area contributed by atoms with Crippen LogP contribution in [0.5, 0.6) is 0 Å². The summed E-state index contributed by atoms with van der Waals surface area (Å²) in [6.45, 7) is 4.98. The Balaban J connectivity index is 2.07. The SMILES string of the molecule is CC(C)NCc1sccc1S(=O)(=O)NCc1ccsc1. The molecule has 7 heteroatoms. The van der Waals surface area contributed by atoms with E-state index >= 15 is 0 Å². The van der Waals surface area contributed by atoms with Gasteiger partial charge in [-0.25, -0.2) is 13.1 Å². The second-order valence-corrected chi connectivity index (χ2v) is 8.22. The Morgan fingerprint density at radius 3 is 2.65 bits per heavy atom. The standard InChI is InChI=1S/C13H18N2O2S3/c1-10(2)14-8-12-13(4-6-19-12)20(16,17)15-7-11-3-5-18-9-11/h3-6,9-10,14-15H,7-8H2,1-2H3. The van der Waals surface area contributed by atoms with Crippen LogP contribution in [0, 0.1) is 0 Å². The fraction of sp³-hybridized carbons (Fsp3) is 0.385. The molecular weight excluding hydrogens is 312 g/mol. The van der Waals surface area contributed by atoms with Crippen molar-refractivity contribution in [2.75, 3.05) is 0 Å². The van der Waals surface area contributed by atoms with Crippen molar-refractivity contribution in [3.8, 4) is 0 Å². The van der Waals surface area contributed by atoms with Crippen molar-refractivity contribution in [3.63, 3.8) is 0 Å². The molecule has 0 saturated heterocycles. The van der Waals surface area contributed by atoms with Crippen molar-refractivity contribution < 1.29 is 8.42 Å². The van der Waals surface area contributed by atoms with Crippen LogP contribution >= 0.6 is 22.7 Å². The lowest BCUT2D eigenvalue weighted by molar-refractivity contribution is 0.571. The van der Waals surface area contributed by atoms with Gasteiger partial charge in [0, 0.05) is 24.0 Å². The molecule has 0 atom stereocenters. The van der Waals surface area contributed by atoms with Crippen molar-refractivity contribution in [1.82, 2.24) is 10.0 Å². The van der Waals surface area contributed by atoms with Crippen molar-refractivity contribution in [2.45, 2.75) is 37.9 Å². The van der Waals surface area contributed by atoms with E-state index in [-0.39, 0.29) is 0 Å². The van der Waals surface area contributed by atoms with Crippen molar-refractivity contribution in [2.24, 2.45) is 0 Å². The first-order valence-electron chi connectivity index (χ1n) is 6.29. The first-order chi connectivity index (χ1) is 9.49. The number of hydrogen-bond donors (Lipinski definition) is 2. The maximum atomic E-state index is 12.3. The minimum atomic E-state index is -3.45. The first-order valence-corrected chi connectivity index (χ1v) is 9.60. The van der Waals surface area contributed by atoms with E-state index in [2.05, 4.69) is 10.0 Å². The van der Waals surface area contributed by atoms with Gasteiger partial charge in [0.2, 0.25) is 10.0 Å². The Labute approximate surface area is 127 Å². The van der Waals surface area contributed by atoms with Gasteiger partial charge in [-0.05, 0) is 33.8 Å². The smallest absolute Gasteiger partial charge is 0.242 e. The summed E-state index contributed by atoms with van der Waals surface area (Å²) < 4.78 is 27.3. The normalized spacial score (nSPS) is 12.2. The highest BCUT2D eigenvalue weighted by Crippen LogP contribution is 2.22. The third-order valence-corrected chi connectivity index (χ3v) is 5.98. The zero-order chi connectivity index (χ0) is 14.6. The Kier molecular flexibility index (Phi) is 5.34. The van der Waals surface area contributed by atoms with Gasteiger partial charge < -0.3 is 5.32 Å². The summed E-state index contributed by atoms with van der Waals surface area (Å²) >= 11 is 3.02. The molecule has 0 radical (unpaired) electrons. The summed E-state index contributed by atoms with van der Waals surface area (Å²) in [5.74, 6) is 0. The van der Waals surface area contributed by atoms with Crippen LogP contribution in [0.3, 0.4) is 0 Å². The van der Waals surface area contributed by atoms with E-state index in [1.807, 2.05) is 36.1 Å². The third-order valence-electron chi connectivity index (χ3n) is 2.71. The molecule has 0 aliphatic heterocycles. The molecule has 0 aliphatic rings. The quantitative estimate of drug-likeness (QED) is 0.821. The minimum absolute atomic E-state index is 0.325. The fourth-order valence-electron chi connectivity index (χ4n) is 1.64. The fourth-order valence-corrected chi connectivity index (χ4v) is 4.72. The Hall–Kier alpha value is -0.730. The highest BCUT2D eigenvalue weighted by Gasteiger charge is 2.19. The van der Waals surface area contributed by atoms with E-state index in [0.29, 0.717) is 24.0 Å². The molecule has 0 unspecified atom stereocenters. The summed E-state index contributed by atoms with van der Waals surface area (Å²) in [7, 11) is -3.45. The van der Waals surface area contributed by atoms with Crippen LogP contribution in [-0.2, 0) is 23.1 Å². The highest BCUT2D eigenvalue weighted by molar-refractivity contribution is 7.89. The first kappa shape index (κ1) is 15.7. The summed E-state index contributed by atoms with van der Waals surface area (Å²) in [5.41, 5.74) is 0.982. The van der Waals surface area contributed by atoms with E-state index in [4.69, 9.17) is 0 Å². The van der Waals surface area contributed by atoms with Crippen LogP contribution in [0.4, 0.5) is 0 Å². The second-order valence-electron chi connectivity index (χ2n) is 4.70. The van der Waals surface area contributed by atoms with Crippen LogP contribution in [-0.4, -0.2) is 14.5 Å². The van der Waals surface area contributed by atoms with E-state index in [1.165, 1.54) is 11.3 Å². The van der Waals surface area contributed by atoms with Crippen LogP contribution in [0.1, 0.15) is 24.3 Å². The Morgan fingerprint density at radius 1 is 1.20 bits per heavy atom. The van der Waals surface area contributed by atoms with Gasteiger partial charge in [0.15, 0.2) is 0 Å². The zero-order valence-corrected chi connectivity index (χ0v) is 13.9. The number of nitrogens with one attached hydrogen (secondary N) is 2. The maximum absolute atomic E-state index is 12.3. The molecule has 4 nitrogen and oxygen atoms in total. The van der Waals surface area contributed by atoms with Gasteiger partial charge in [-0.1, -0.05) is 13.8 Å². The molecular formula is C13H18N2O2S3. The van der Waals surface area contributed by atoms with Gasteiger partial charge in [-0.2, -0.15) is 11.3 Å². The van der Waals surface area contributed by atoms with E-state index in [9.17, 15) is 8.42 Å². The molecule has 0 aliphatic carbocycles. The van der Waals surface area contributed by atoms with Crippen LogP contribution in [0.25, 0.3) is 0 Å². The number of thiophene rings is 2. The van der Waals surface area contributed by atoms with Gasteiger partial charge >= 0.3 is 0 Å². The molecule has 2 N–H and O–H groups in total. The Bertz CT molecular complexity index is 630. The van der Waals surface area contributed by atoms with E-state index in [1.54, 1.807) is 17.4 Å². The number of hydrogen-bond acceptors (Lipinski definition) is 5. The monoisotopic (exact) mass is 330 g/mol. The minimum Gasteiger partial charge on any atom is -0.310 e. The molecule has 0 fully saturated rings. The lowest BCUT2D eigenvalue weighted by atomic mass is 10.4. The van der Waals surface area contributed by atoms with Crippen molar-refractivity contribution in [1.29, 1.82) is 0 Å². The third kappa shape index (κ3) is 4.13. The molecule has 0 spiro atoms. The van der Waals surface area contributed by atoms with Gasteiger partial charge in [0.25, 0.3) is 0 Å². The maximum Gasteiger partial charge on any atom is 0.242 e. The second kappa shape index (κ2) is 6.82. The Morgan fingerprint density at radius 2 is 2.00 bits per heavy atom. The summed E-state index contributed by atoms with van der Waals surface area (Å²) in [5, 5.41) is 8.94.